The van der Waals surface area contributed by atoms with Crippen molar-refractivity contribution >= 4 is 0 Å². The van der Waals surface area contributed by atoms with Gasteiger partial charge in [-0.2, -0.15) is 0 Å². The molecule has 0 fully saturated rings. The van der Waals surface area contributed by atoms with E-state index in [2.05, 4.69) is 45.0 Å². The van der Waals surface area contributed by atoms with Gasteiger partial charge in [-0.05, 0) is 38.9 Å². The molecular weight excluding hydrogens is 251 g/mol. The van der Waals surface area contributed by atoms with E-state index in [0.717, 1.165) is 25.1 Å². The Labute approximate surface area is 123 Å². The molecule has 0 saturated carbocycles. The number of halogens is 1. The number of hydrogen-bond donors (Lipinski definition) is 1. The molecule has 2 atom stereocenters. The quantitative estimate of drug-likeness (QED) is 0.778. The fraction of sp³-hybridized carbons (Fsp3) is 0.647. The van der Waals surface area contributed by atoms with Crippen molar-refractivity contribution in [3.63, 3.8) is 0 Å². The van der Waals surface area contributed by atoms with Gasteiger partial charge in [0.1, 0.15) is 5.82 Å². The molecule has 0 heterocycles. The van der Waals surface area contributed by atoms with E-state index >= 15 is 0 Å². The van der Waals surface area contributed by atoms with E-state index in [1.807, 2.05) is 12.1 Å². The maximum Gasteiger partial charge on any atom is 0.127 e. The van der Waals surface area contributed by atoms with Crippen LogP contribution >= 0.6 is 0 Å². The lowest BCUT2D eigenvalue weighted by Gasteiger charge is -2.32. The molecule has 1 aromatic rings. The molecule has 0 aliphatic carbocycles. The molecule has 20 heavy (non-hydrogen) atoms. The summed E-state index contributed by atoms with van der Waals surface area (Å²) in [6, 6.07) is 7.58. The molecule has 1 aromatic carbocycles. The van der Waals surface area contributed by atoms with Gasteiger partial charge < -0.3 is 5.32 Å². The lowest BCUT2D eigenvalue weighted by molar-refractivity contribution is 0.205. The Morgan fingerprint density at radius 2 is 1.85 bits per heavy atom. The van der Waals surface area contributed by atoms with Gasteiger partial charge in [0.2, 0.25) is 0 Å². The third-order valence-electron chi connectivity index (χ3n) is 3.96. The van der Waals surface area contributed by atoms with Crippen molar-refractivity contribution in [1.29, 1.82) is 0 Å². The SMILES string of the molecule is CCCNC(CN(C)C(C)c1ccccc1F)C(C)C. The first-order valence-electron chi connectivity index (χ1n) is 7.65. The summed E-state index contributed by atoms with van der Waals surface area (Å²) in [5, 5.41) is 3.59. The molecule has 1 N–H and O–H groups in total. The van der Waals surface area contributed by atoms with Crippen LogP contribution in [0.3, 0.4) is 0 Å². The molecule has 0 spiro atoms. The normalized spacial score (nSPS) is 14.8. The number of nitrogens with one attached hydrogen (secondary N) is 1. The largest absolute Gasteiger partial charge is 0.312 e. The summed E-state index contributed by atoms with van der Waals surface area (Å²) in [6.07, 6.45) is 1.13. The van der Waals surface area contributed by atoms with E-state index in [1.54, 1.807) is 6.07 Å². The molecule has 1 rings (SSSR count). The van der Waals surface area contributed by atoms with E-state index in [1.165, 1.54) is 6.07 Å². The zero-order valence-corrected chi connectivity index (χ0v) is 13.5. The van der Waals surface area contributed by atoms with Gasteiger partial charge in [0.15, 0.2) is 0 Å². The van der Waals surface area contributed by atoms with Gasteiger partial charge >= 0.3 is 0 Å². The molecule has 0 aliphatic rings. The molecule has 3 heteroatoms. The predicted octanol–water partition coefficient (Wildman–Crippen LogP) is 3.84. The summed E-state index contributed by atoms with van der Waals surface area (Å²) in [5.41, 5.74) is 0.771. The molecule has 0 aliphatic heterocycles. The van der Waals surface area contributed by atoms with Crippen LogP contribution in [0.4, 0.5) is 4.39 Å². The van der Waals surface area contributed by atoms with Gasteiger partial charge in [0.25, 0.3) is 0 Å². The number of benzene rings is 1. The molecule has 2 nitrogen and oxygen atoms in total. The molecule has 0 bridgehead atoms. The van der Waals surface area contributed by atoms with E-state index in [9.17, 15) is 4.39 Å². The van der Waals surface area contributed by atoms with Crippen LogP contribution in [-0.4, -0.2) is 31.1 Å². The molecule has 0 aromatic heterocycles. The molecule has 2 unspecified atom stereocenters. The van der Waals surface area contributed by atoms with Crippen molar-refractivity contribution in [2.45, 2.75) is 46.2 Å². The average molecular weight is 280 g/mol. The highest BCUT2D eigenvalue weighted by atomic mass is 19.1. The highest BCUT2D eigenvalue weighted by Crippen LogP contribution is 2.22. The minimum Gasteiger partial charge on any atom is -0.312 e. The van der Waals surface area contributed by atoms with E-state index in [4.69, 9.17) is 0 Å². The Morgan fingerprint density at radius 3 is 2.40 bits per heavy atom. The summed E-state index contributed by atoms with van der Waals surface area (Å²) in [4.78, 5) is 2.23. The minimum absolute atomic E-state index is 0.0841. The fourth-order valence-corrected chi connectivity index (χ4v) is 2.36. The van der Waals surface area contributed by atoms with Crippen molar-refractivity contribution < 1.29 is 4.39 Å². The van der Waals surface area contributed by atoms with E-state index in [-0.39, 0.29) is 11.9 Å². The highest BCUT2D eigenvalue weighted by Gasteiger charge is 2.20. The second kappa shape index (κ2) is 8.38. The average Bonchev–Trinajstić information content (AvgIpc) is 2.42. The van der Waals surface area contributed by atoms with Crippen LogP contribution in [0.5, 0.6) is 0 Å². The topological polar surface area (TPSA) is 15.3 Å². The molecule has 0 radical (unpaired) electrons. The Kier molecular flexibility index (Phi) is 7.17. The number of nitrogens with zero attached hydrogens (tertiary/aromatic N) is 1. The monoisotopic (exact) mass is 280 g/mol. The van der Waals surface area contributed by atoms with Gasteiger partial charge in [-0.15, -0.1) is 0 Å². The van der Waals surface area contributed by atoms with Gasteiger partial charge in [-0.3, -0.25) is 4.90 Å². The van der Waals surface area contributed by atoms with Gasteiger partial charge in [0.05, 0.1) is 0 Å². The van der Waals surface area contributed by atoms with Crippen LogP contribution in [0.25, 0.3) is 0 Å². The Balaban J connectivity index is 2.68. The Morgan fingerprint density at radius 1 is 1.20 bits per heavy atom. The third-order valence-corrected chi connectivity index (χ3v) is 3.96. The highest BCUT2D eigenvalue weighted by molar-refractivity contribution is 5.20. The van der Waals surface area contributed by atoms with Crippen molar-refractivity contribution in [3.8, 4) is 0 Å². The van der Waals surface area contributed by atoms with E-state index in [0.29, 0.717) is 12.0 Å². The summed E-state index contributed by atoms with van der Waals surface area (Å²) >= 11 is 0. The standard InChI is InChI=1S/C17H29FN2/c1-6-11-19-17(13(2)3)12-20(5)14(4)15-9-7-8-10-16(15)18/h7-10,13-14,17,19H,6,11-12H2,1-5H3. The number of likely N-dealkylation sites (N-methyl/N-ethyl adjacent to an activating group) is 1. The zero-order valence-electron chi connectivity index (χ0n) is 13.5. The van der Waals surface area contributed by atoms with Gasteiger partial charge in [-0.25, -0.2) is 4.39 Å². The molecule has 114 valence electrons. The maximum atomic E-state index is 13.9. The number of rotatable bonds is 8. The predicted molar refractivity (Wildman–Crippen MR) is 84.4 cm³/mol. The third kappa shape index (κ3) is 4.88. The van der Waals surface area contributed by atoms with Crippen molar-refractivity contribution in [3.05, 3.63) is 35.6 Å². The minimum atomic E-state index is -0.116. The van der Waals surface area contributed by atoms with Crippen LogP contribution in [0, 0.1) is 11.7 Å². The van der Waals surface area contributed by atoms with Crippen LogP contribution < -0.4 is 5.32 Å². The maximum absolute atomic E-state index is 13.9. The van der Waals surface area contributed by atoms with Crippen LogP contribution in [0.2, 0.25) is 0 Å². The Hall–Kier alpha value is -0.930. The molecule has 0 saturated heterocycles. The summed E-state index contributed by atoms with van der Waals surface area (Å²) in [6.45, 7) is 10.7. The van der Waals surface area contributed by atoms with Crippen molar-refractivity contribution in [2.24, 2.45) is 5.92 Å². The second-order valence-electron chi connectivity index (χ2n) is 5.94. The van der Waals surface area contributed by atoms with Gasteiger partial charge in [0, 0.05) is 24.2 Å². The first kappa shape index (κ1) is 17.1. The lowest BCUT2D eigenvalue weighted by Crippen LogP contribution is -2.44. The number of hydrogen-bond acceptors (Lipinski definition) is 2. The summed E-state index contributed by atoms with van der Waals surface area (Å²) in [5.74, 6) is 0.450. The molecule has 0 amide bonds. The van der Waals surface area contributed by atoms with Gasteiger partial charge in [-0.1, -0.05) is 39.0 Å². The Bertz CT molecular complexity index is 392. The lowest BCUT2D eigenvalue weighted by atomic mass is 10.0. The van der Waals surface area contributed by atoms with E-state index < -0.39 is 0 Å². The summed E-state index contributed by atoms with van der Waals surface area (Å²) in [7, 11) is 2.07. The van der Waals surface area contributed by atoms with Crippen molar-refractivity contribution in [1.82, 2.24) is 10.2 Å². The second-order valence-corrected chi connectivity index (χ2v) is 5.94. The zero-order chi connectivity index (χ0) is 15.1. The smallest absolute Gasteiger partial charge is 0.127 e. The molecular formula is C17H29FN2. The fourth-order valence-electron chi connectivity index (χ4n) is 2.36. The first-order chi connectivity index (χ1) is 9.47. The van der Waals surface area contributed by atoms with Crippen LogP contribution in [0.1, 0.15) is 45.7 Å². The first-order valence-corrected chi connectivity index (χ1v) is 7.65. The van der Waals surface area contributed by atoms with Crippen LogP contribution in [-0.2, 0) is 0 Å². The van der Waals surface area contributed by atoms with Crippen LogP contribution in [0.15, 0.2) is 24.3 Å². The van der Waals surface area contributed by atoms with Crippen molar-refractivity contribution in [2.75, 3.05) is 20.1 Å². The summed E-state index contributed by atoms with van der Waals surface area (Å²) < 4.78 is 13.9.